The van der Waals surface area contributed by atoms with E-state index in [2.05, 4.69) is 114 Å². The molecule has 27 heteroatoms. The van der Waals surface area contributed by atoms with E-state index in [-0.39, 0.29) is 78.7 Å². The summed E-state index contributed by atoms with van der Waals surface area (Å²) in [7, 11) is 0. The Labute approximate surface area is 587 Å². The highest BCUT2D eigenvalue weighted by Gasteiger charge is 2.29. The lowest BCUT2D eigenvalue weighted by atomic mass is 9.97. The van der Waals surface area contributed by atoms with Crippen molar-refractivity contribution < 1.29 is 56.6 Å². The minimum Gasteiger partial charge on any atom is -0.491 e. The summed E-state index contributed by atoms with van der Waals surface area (Å²) in [5, 5.41) is 41.5. The Morgan fingerprint density at radius 2 is 1.07 bits per heavy atom. The molecule has 3 aromatic carbocycles. The summed E-state index contributed by atoms with van der Waals surface area (Å²) in [6, 6.07) is 22.8. The fourth-order valence-electron chi connectivity index (χ4n) is 11.6. The lowest BCUT2D eigenvalue weighted by Gasteiger charge is -2.36. The molecule has 4 aliphatic heterocycles. The molecule has 0 spiro atoms. The molecule has 7 aromatic rings. The van der Waals surface area contributed by atoms with E-state index >= 15 is 0 Å². The van der Waals surface area contributed by atoms with Gasteiger partial charge in [-0.15, -0.1) is 0 Å². The van der Waals surface area contributed by atoms with E-state index in [0.717, 1.165) is 124 Å². The fraction of sp³-hybridized carbons (Fsp3) is 0.542. The van der Waals surface area contributed by atoms with Crippen molar-refractivity contribution in [2.24, 2.45) is 10.8 Å². The van der Waals surface area contributed by atoms with Gasteiger partial charge in [-0.25, -0.2) is 37.9 Å². The molecule has 23 nitrogen and oxygen atoms in total. The van der Waals surface area contributed by atoms with Crippen molar-refractivity contribution in [3.8, 4) is 29.4 Å². The number of nitrogens with one attached hydrogen (secondary N) is 1. The number of carbonyl (C=O) groups excluding carboxylic acids is 1. The second-order valence-electron chi connectivity index (χ2n) is 27.8. The third-order valence-electron chi connectivity index (χ3n) is 16.1. The first-order valence-corrected chi connectivity index (χ1v) is 34.9. The molecule has 3 N–H and O–H groups in total. The van der Waals surface area contributed by atoms with E-state index in [1.54, 1.807) is 53.7 Å². The number of anilines is 3. The Morgan fingerprint density at radius 1 is 0.616 bits per heavy atom. The number of rotatable bonds is 19. The van der Waals surface area contributed by atoms with Crippen LogP contribution in [0.1, 0.15) is 105 Å². The van der Waals surface area contributed by atoms with Crippen LogP contribution in [-0.4, -0.2) is 192 Å². The van der Waals surface area contributed by atoms with Gasteiger partial charge >= 0.3 is 6.09 Å². The van der Waals surface area contributed by atoms with Crippen LogP contribution in [0.2, 0.25) is 0 Å². The van der Waals surface area contributed by atoms with Crippen molar-refractivity contribution in [3.05, 3.63) is 120 Å². The lowest BCUT2D eigenvalue weighted by molar-refractivity contribution is -0.165. The van der Waals surface area contributed by atoms with Gasteiger partial charge in [-0.3, -0.25) is 4.90 Å². The zero-order chi connectivity index (χ0) is 71.3. The summed E-state index contributed by atoms with van der Waals surface area (Å²) in [4.78, 5) is 39.1. The summed E-state index contributed by atoms with van der Waals surface area (Å²) in [6.07, 6.45) is 6.06. The van der Waals surface area contributed by atoms with Crippen LogP contribution in [0.25, 0.3) is 22.1 Å². The van der Waals surface area contributed by atoms with E-state index in [1.165, 1.54) is 18.2 Å². The SMILES string of the molecule is CC(C)(C)Cn1c(CBr)cc2cnc(C#N)nc21.CC(C)(C)Cn1c(CN2CCN(c3ccc(OCCO)cc3F)CC2)cc2cnc(C#N)nc21.CC(C)(C)OC(=O)N1CCN(c2ccc(OCCOC3CCCCO3)cc2F)CC1.OCCOc1ccc(N2CCNCC2)c(F)c1. The highest BCUT2D eigenvalue weighted by atomic mass is 79.9. The van der Waals surface area contributed by atoms with E-state index < -0.39 is 5.60 Å². The van der Waals surface area contributed by atoms with Crippen molar-refractivity contribution in [2.45, 2.75) is 118 Å². The zero-order valence-electron chi connectivity index (χ0n) is 58.5. The van der Waals surface area contributed by atoms with Crippen LogP contribution < -0.4 is 34.2 Å². The Hall–Kier alpha value is -8.02. The maximum Gasteiger partial charge on any atom is 0.410 e. The number of amides is 1. The fourth-order valence-corrected chi connectivity index (χ4v) is 12.1. The number of carbonyl (C=O) groups is 1. The number of piperazine rings is 3. The maximum absolute atomic E-state index is 14.7. The van der Waals surface area contributed by atoms with Gasteiger partial charge in [-0.2, -0.15) is 10.5 Å². The summed E-state index contributed by atoms with van der Waals surface area (Å²) >= 11 is 3.50. The lowest BCUT2D eigenvalue weighted by Crippen LogP contribution is -2.50. The van der Waals surface area contributed by atoms with Gasteiger partial charge in [0.2, 0.25) is 11.6 Å². The normalized spacial score (nSPS) is 16.2. The molecule has 0 bridgehead atoms. The van der Waals surface area contributed by atoms with Gasteiger partial charge in [0.15, 0.2) is 6.29 Å². The van der Waals surface area contributed by atoms with Gasteiger partial charge in [0, 0.05) is 163 Å². The quantitative estimate of drug-likeness (QED) is 0.0503. The number of aliphatic hydroxyl groups excluding tert-OH is 2. The maximum atomic E-state index is 14.7. The minimum absolute atomic E-state index is 0.0434. The molecule has 1 amide bonds. The summed E-state index contributed by atoms with van der Waals surface area (Å²) in [5.41, 5.74) is 5.29. The summed E-state index contributed by atoms with van der Waals surface area (Å²) < 4.78 is 80.1. The van der Waals surface area contributed by atoms with Crippen LogP contribution in [0.4, 0.5) is 35.0 Å². The Balaban J connectivity index is 0.000000175. The van der Waals surface area contributed by atoms with E-state index in [1.807, 2.05) is 42.7 Å². The highest BCUT2D eigenvalue weighted by Crippen LogP contribution is 2.31. The number of nitrogens with zero attached hydrogens (tertiary/aromatic N) is 13. The van der Waals surface area contributed by atoms with E-state index in [4.69, 9.17) is 43.9 Å². The number of aliphatic hydroxyl groups is 2. The van der Waals surface area contributed by atoms with Crippen LogP contribution in [0.15, 0.2) is 79.1 Å². The number of hydrogen-bond donors (Lipinski definition) is 3. The molecular formula is C72H96BrF3N14O9. The van der Waals surface area contributed by atoms with Crippen molar-refractivity contribution in [1.82, 2.24) is 44.2 Å². The smallest absolute Gasteiger partial charge is 0.410 e. The van der Waals surface area contributed by atoms with Gasteiger partial charge in [0.05, 0.1) is 36.9 Å². The number of hydrogen-bond acceptors (Lipinski definition) is 20. The third-order valence-corrected chi connectivity index (χ3v) is 16.7. The van der Waals surface area contributed by atoms with Crippen LogP contribution in [0.3, 0.4) is 0 Å². The number of ether oxygens (including phenoxy) is 6. The molecule has 0 radical (unpaired) electrons. The molecule has 0 saturated carbocycles. The molecule has 99 heavy (non-hydrogen) atoms. The molecule has 1 atom stereocenters. The molecule has 4 fully saturated rings. The monoisotopic (exact) mass is 1440 g/mol. The van der Waals surface area contributed by atoms with Gasteiger partial charge in [0.25, 0.3) is 0 Å². The molecule has 8 heterocycles. The number of nitriles is 2. The van der Waals surface area contributed by atoms with E-state index in [0.29, 0.717) is 86.8 Å². The number of alkyl halides is 1. The Kier molecular flexibility index (Phi) is 28.2. The topological polar surface area (TPSA) is 250 Å². The molecule has 0 aliphatic carbocycles. The third kappa shape index (κ3) is 23.3. The first-order chi connectivity index (χ1) is 47.3. The van der Waals surface area contributed by atoms with Crippen molar-refractivity contribution in [3.63, 3.8) is 0 Å². The number of aromatic nitrogens is 6. The first kappa shape index (κ1) is 76.7. The number of benzene rings is 3. The molecule has 4 aromatic heterocycles. The number of fused-ring (bicyclic) bond motifs is 2. The Morgan fingerprint density at radius 3 is 1.49 bits per heavy atom. The minimum atomic E-state index is -0.523. The van der Waals surface area contributed by atoms with Crippen molar-refractivity contribution >= 4 is 61.2 Å². The van der Waals surface area contributed by atoms with Gasteiger partial charge in [-0.05, 0) is 99.4 Å². The summed E-state index contributed by atoms with van der Waals surface area (Å²) in [5.74, 6) is 0.807. The van der Waals surface area contributed by atoms with E-state index in [9.17, 15) is 23.2 Å². The molecule has 11 rings (SSSR count). The predicted molar refractivity (Wildman–Crippen MR) is 378 cm³/mol. The molecular weight excluding hydrogens is 1340 g/mol. The largest absolute Gasteiger partial charge is 0.491 e. The molecule has 536 valence electrons. The van der Waals surface area contributed by atoms with Crippen molar-refractivity contribution in [1.29, 1.82) is 10.5 Å². The molecule has 4 saturated heterocycles. The number of halogens is 4. The molecule has 4 aliphatic rings. The average Bonchev–Trinajstić information content (AvgIpc) is 1.64. The van der Waals surface area contributed by atoms with Gasteiger partial charge in [0.1, 0.15) is 83.6 Å². The van der Waals surface area contributed by atoms with Gasteiger partial charge < -0.3 is 72.7 Å². The Bertz CT molecular complexity index is 3820. The average molecular weight is 1440 g/mol. The first-order valence-electron chi connectivity index (χ1n) is 33.8. The second-order valence-corrected chi connectivity index (χ2v) is 28.4. The second kappa shape index (κ2) is 36.4. The van der Waals surface area contributed by atoms with Crippen molar-refractivity contribution in [2.75, 3.05) is 139 Å². The van der Waals surface area contributed by atoms with Crippen LogP contribution in [0, 0.1) is 50.9 Å². The highest BCUT2D eigenvalue weighted by molar-refractivity contribution is 9.08. The van der Waals surface area contributed by atoms with Crippen LogP contribution >= 0.6 is 15.9 Å². The zero-order valence-corrected chi connectivity index (χ0v) is 60.1. The summed E-state index contributed by atoms with van der Waals surface area (Å²) in [6.45, 7) is 31.2. The predicted octanol–water partition coefficient (Wildman–Crippen LogP) is 10.8. The standard InChI is InChI=1S/C25H31FN6O2.C22H33FN2O5.C13H15BrN4.C12H17FN2O2/c1-25(2,3)17-32-19(12-18-15-28-23(14-27)29-24(18)32)16-30-6-8-31(9-7-30)22-5-4-20(13-21(22)26)34-11-10-33;1-22(2,3)30-21(26)25-11-9-24(10-12-25)19-8-7-17(16-18(19)23)27-14-15-29-20-6-4-5-13-28-20;1-13(2,3)8-18-10(5-14)4-9-7-16-11(6-15)17-12(9)18;13-11-9-10(17-8-7-16)1-2-12(11)15-5-3-14-4-6-15/h4-5,12-13,15,33H,6-11,16-17H2,1-3H3;7-8,16,20H,4-6,9-15H2,1-3H3;4,7H,5,8H2,1-3H3;1-2,9,14,16H,3-8H2. The molecule has 1 unspecified atom stereocenters. The van der Waals surface area contributed by atoms with Crippen LogP contribution in [-0.2, 0) is 39.2 Å². The van der Waals surface area contributed by atoms with Gasteiger partial charge in [-0.1, -0.05) is 57.5 Å². The van der Waals surface area contributed by atoms with Crippen LogP contribution in [0.5, 0.6) is 17.2 Å².